The van der Waals surface area contributed by atoms with E-state index < -0.39 is 11.9 Å². The minimum atomic E-state index is -0.851. The maximum atomic E-state index is 10.7. The zero-order chi connectivity index (χ0) is 15.9. The normalized spacial score (nSPS) is 11.7. The Balaban J connectivity index is 1.83. The van der Waals surface area contributed by atoms with E-state index in [2.05, 4.69) is 36.5 Å². The van der Waals surface area contributed by atoms with Gasteiger partial charge in [-0.1, -0.05) is 29.8 Å². The smallest absolute Gasteiger partial charge is 0.309 e. The Morgan fingerprint density at radius 2 is 1.77 bits per heavy atom. The van der Waals surface area contributed by atoms with Gasteiger partial charge in [0.25, 0.3) is 0 Å². The van der Waals surface area contributed by atoms with Crippen LogP contribution in [0.25, 0.3) is 0 Å². The predicted molar refractivity (Wildman–Crippen MR) is 87.2 cm³/mol. The Morgan fingerprint density at radius 3 is 2.36 bits per heavy atom. The molecule has 0 aromatic heterocycles. The molecule has 0 amide bonds. The van der Waals surface area contributed by atoms with E-state index >= 15 is 0 Å². The highest BCUT2D eigenvalue weighted by Crippen LogP contribution is 2.17. The lowest BCUT2D eigenvalue weighted by atomic mass is 10.1. The number of carboxylic acid groups (broad SMARTS) is 1. The highest BCUT2D eigenvalue weighted by atomic mass is 16.5. The number of carbonyl (C=O) groups is 1. The fraction of sp³-hybridized carbons (Fsp3) is 0.278. The van der Waals surface area contributed by atoms with Crippen molar-refractivity contribution in [3.8, 4) is 5.75 Å². The topological polar surface area (TPSA) is 58.6 Å². The van der Waals surface area contributed by atoms with E-state index in [1.54, 1.807) is 6.92 Å². The second-order valence-corrected chi connectivity index (χ2v) is 5.41. The Labute approximate surface area is 130 Å². The van der Waals surface area contributed by atoms with Crippen LogP contribution in [0.15, 0.2) is 48.5 Å². The van der Waals surface area contributed by atoms with Gasteiger partial charge in [-0.15, -0.1) is 0 Å². The number of anilines is 1. The summed E-state index contributed by atoms with van der Waals surface area (Å²) >= 11 is 0. The van der Waals surface area contributed by atoms with Crippen LogP contribution >= 0.6 is 0 Å². The number of hydrogen-bond donors (Lipinski definition) is 2. The van der Waals surface area contributed by atoms with Gasteiger partial charge in [0.05, 0.1) is 5.92 Å². The quantitative estimate of drug-likeness (QED) is 0.818. The van der Waals surface area contributed by atoms with Crippen molar-refractivity contribution in [1.29, 1.82) is 0 Å². The third-order valence-electron chi connectivity index (χ3n) is 3.39. The van der Waals surface area contributed by atoms with Gasteiger partial charge in [-0.3, -0.25) is 4.79 Å². The van der Waals surface area contributed by atoms with Crippen molar-refractivity contribution in [3.05, 3.63) is 59.7 Å². The molecule has 4 heteroatoms. The molecule has 0 aliphatic carbocycles. The van der Waals surface area contributed by atoms with Gasteiger partial charge in [0, 0.05) is 12.2 Å². The van der Waals surface area contributed by atoms with Gasteiger partial charge in [-0.2, -0.15) is 0 Å². The first-order chi connectivity index (χ1) is 10.5. The zero-order valence-corrected chi connectivity index (χ0v) is 12.9. The maximum absolute atomic E-state index is 10.7. The summed E-state index contributed by atoms with van der Waals surface area (Å²) in [5.74, 6) is -0.690. The minimum absolute atomic E-state index is 0.172. The van der Waals surface area contributed by atoms with Crippen LogP contribution in [-0.4, -0.2) is 17.7 Å². The van der Waals surface area contributed by atoms with Crippen LogP contribution in [0.5, 0.6) is 5.75 Å². The number of nitrogens with one attached hydrogen (secondary N) is 1. The Kier molecular flexibility index (Phi) is 5.42. The Hall–Kier alpha value is -2.49. The molecule has 0 saturated carbocycles. The average molecular weight is 299 g/mol. The van der Waals surface area contributed by atoms with Gasteiger partial charge >= 0.3 is 5.97 Å². The molecule has 0 aliphatic rings. The number of ether oxygens (including phenoxy) is 1. The number of hydrogen-bond acceptors (Lipinski definition) is 3. The van der Waals surface area contributed by atoms with Crippen LogP contribution in [-0.2, 0) is 11.3 Å². The number of aliphatic carboxylic acids is 1. The first-order valence-electron chi connectivity index (χ1n) is 7.29. The molecular weight excluding hydrogens is 278 g/mol. The van der Waals surface area contributed by atoms with Crippen LogP contribution < -0.4 is 10.1 Å². The molecule has 0 spiro atoms. The van der Waals surface area contributed by atoms with E-state index in [1.165, 1.54) is 11.1 Å². The summed E-state index contributed by atoms with van der Waals surface area (Å²) in [4.78, 5) is 10.7. The predicted octanol–water partition coefficient (Wildman–Crippen LogP) is 3.71. The highest BCUT2D eigenvalue weighted by Gasteiger charge is 2.11. The summed E-state index contributed by atoms with van der Waals surface area (Å²) in [6.45, 7) is 4.63. The van der Waals surface area contributed by atoms with E-state index in [0.29, 0.717) is 5.75 Å². The molecule has 2 aromatic rings. The lowest BCUT2D eigenvalue weighted by molar-refractivity contribution is -0.142. The van der Waals surface area contributed by atoms with Crippen LogP contribution in [0.2, 0.25) is 0 Å². The molecule has 22 heavy (non-hydrogen) atoms. The lowest BCUT2D eigenvalue weighted by Crippen LogP contribution is -2.17. The van der Waals surface area contributed by atoms with Gasteiger partial charge in [-0.25, -0.2) is 0 Å². The van der Waals surface area contributed by atoms with Crippen LogP contribution in [0.4, 0.5) is 5.69 Å². The van der Waals surface area contributed by atoms with Crippen molar-refractivity contribution in [1.82, 2.24) is 0 Å². The molecule has 2 aromatic carbocycles. The van der Waals surface area contributed by atoms with Crippen molar-refractivity contribution in [2.45, 2.75) is 20.4 Å². The van der Waals surface area contributed by atoms with Gasteiger partial charge in [0.1, 0.15) is 12.4 Å². The summed E-state index contributed by atoms with van der Waals surface area (Å²) in [7, 11) is 0. The second kappa shape index (κ2) is 7.50. The largest absolute Gasteiger partial charge is 0.493 e. The van der Waals surface area contributed by atoms with Crippen molar-refractivity contribution in [2.24, 2.45) is 5.92 Å². The Bertz CT molecular complexity index is 605. The summed E-state index contributed by atoms with van der Waals surface area (Å²) in [5.41, 5.74) is 3.47. The monoisotopic (exact) mass is 299 g/mol. The molecule has 0 heterocycles. The fourth-order valence-corrected chi connectivity index (χ4v) is 1.87. The zero-order valence-electron chi connectivity index (χ0n) is 12.9. The third-order valence-corrected chi connectivity index (χ3v) is 3.39. The van der Waals surface area contributed by atoms with Crippen LogP contribution in [0.3, 0.4) is 0 Å². The second-order valence-electron chi connectivity index (χ2n) is 5.41. The molecule has 0 saturated heterocycles. The summed E-state index contributed by atoms with van der Waals surface area (Å²) in [6, 6.07) is 15.9. The van der Waals surface area contributed by atoms with Crippen molar-refractivity contribution in [3.63, 3.8) is 0 Å². The minimum Gasteiger partial charge on any atom is -0.493 e. The van der Waals surface area contributed by atoms with Crippen molar-refractivity contribution < 1.29 is 14.6 Å². The van der Waals surface area contributed by atoms with E-state index in [4.69, 9.17) is 9.84 Å². The number of rotatable bonds is 7. The number of aryl methyl sites for hydroxylation is 1. The molecular formula is C18H21NO3. The van der Waals surface area contributed by atoms with Gasteiger partial charge < -0.3 is 15.2 Å². The third kappa shape index (κ3) is 4.81. The average Bonchev–Trinajstić information content (AvgIpc) is 2.53. The van der Waals surface area contributed by atoms with Gasteiger partial charge in [0.15, 0.2) is 0 Å². The highest BCUT2D eigenvalue weighted by molar-refractivity contribution is 5.69. The standard InChI is InChI=1S/C18H21NO3/c1-13-3-5-15(6-4-13)11-19-16-7-9-17(10-8-16)22-12-14(2)18(20)21/h3-10,14,19H,11-12H2,1-2H3,(H,20,21). The summed E-state index contributed by atoms with van der Waals surface area (Å²) in [6.07, 6.45) is 0. The molecule has 4 nitrogen and oxygen atoms in total. The molecule has 116 valence electrons. The van der Waals surface area contributed by atoms with E-state index in [9.17, 15) is 4.79 Å². The molecule has 2 N–H and O–H groups in total. The SMILES string of the molecule is Cc1ccc(CNc2ccc(OCC(C)C(=O)O)cc2)cc1. The first kappa shape index (κ1) is 15.9. The Morgan fingerprint density at radius 1 is 1.14 bits per heavy atom. The van der Waals surface area contributed by atoms with Gasteiger partial charge in [0.2, 0.25) is 0 Å². The molecule has 0 bridgehead atoms. The van der Waals surface area contributed by atoms with Crippen molar-refractivity contribution in [2.75, 3.05) is 11.9 Å². The lowest BCUT2D eigenvalue weighted by Gasteiger charge is -2.11. The summed E-state index contributed by atoms with van der Waals surface area (Å²) in [5, 5.41) is 12.2. The molecule has 0 radical (unpaired) electrons. The molecule has 0 aliphatic heterocycles. The number of carboxylic acids is 1. The maximum Gasteiger partial charge on any atom is 0.309 e. The van der Waals surface area contributed by atoms with Gasteiger partial charge in [-0.05, 0) is 43.7 Å². The van der Waals surface area contributed by atoms with E-state index in [-0.39, 0.29) is 6.61 Å². The molecule has 1 unspecified atom stereocenters. The first-order valence-corrected chi connectivity index (χ1v) is 7.29. The van der Waals surface area contributed by atoms with Crippen molar-refractivity contribution >= 4 is 11.7 Å². The number of benzene rings is 2. The van der Waals surface area contributed by atoms with E-state index in [1.807, 2.05) is 24.3 Å². The molecule has 0 fully saturated rings. The van der Waals surface area contributed by atoms with Crippen LogP contribution in [0.1, 0.15) is 18.1 Å². The summed E-state index contributed by atoms with van der Waals surface area (Å²) < 4.78 is 5.45. The molecule has 2 rings (SSSR count). The fourth-order valence-electron chi connectivity index (χ4n) is 1.87. The van der Waals surface area contributed by atoms with E-state index in [0.717, 1.165) is 12.2 Å². The molecule has 1 atom stereocenters. The van der Waals surface area contributed by atoms with Crippen LogP contribution in [0, 0.1) is 12.8 Å².